The van der Waals surface area contributed by atoms with Crippen LogP contribution in [0.25, 0.3) is 0 Å². The van der Waals surface area contributed by atoms with E-state index in [1.807, 2.05) is 0 Å². The zero-order valence-corrected chi connectivity index (χ0v) is 12.2. The number of carboxylic acids is 2. The lowest BCUT2D eigenvalue weighted by Crippen LogP contribution is -2.26. The van der Waals surface area contributed by atoms with E-state index in [0.717, 1.165) is 12.1 Å². The van der Waals surface area contributed by atoms with Crippen LogP contribution in [0.5, 0.6) is 0 Å². The second kappa shape index (κ2) is 5.53. The van der Waals surface area contributed by atoms with Gasteiger partial charge in [0, 0.05) is 10.6 Å². The van der Waals surface area contributed by atoms with Crippen molar-refractivity contribution in [1.29, 1.82) is 0 Å². The number of carbonyl (C=O) groups is 2. The SMILES string of the molecule is O=C(O)C1C(CSc2ccc(F)c(F)c2)CC2C(C(=O)O)C21. The van der Waals surface area contributed by atoms with Crippen LogP contribution in [0, 0.1) is 41.2 Å². The van der Waals surface area contributed by atoms with Gasteiger partial charge in [0.15, 0.2) is 11.6 Å². The Hall–Kier alpha value is -1.63. The Morgan fingerprint density at radius 2 is 1.82 bits per heavy atom. The Labute approximate surface area is 129 Å². The molecule has 0 saturated heterocycles. The number of halogens is 2. The Morgan fingerprint density at radius 3 is 2.41 bits per heavy atom. The molecule has 0 radical (unpaired) electrons. The quantitative estimate of drug-likeness (QED) is 0.813. The van der Waals surface area contributed by atoms with Gasteiger partial charge in [0.05, 0.1) is 11.8 Å². The third-order valence-electron chi connectivity index (χ3n) is 4.65. The lowest BCUT2D eigenvalue weighted by Gasteiger charge is -2.19. The maximum Gasteiger partial charge on any atom is 0.307 e. The molecule has 1 aromatic rings. The van der Waals surface area contributed by atoms with Crippen molar-refractivity contribution in [2.24, 2.45) is 29.6 Å². The monoisotopic (exact) mass is 328 g/mol. The molecule has 5 unspecified atom stereocenters. The summed E-state index contributed by atoms with van der Waals surface area (Å²) in [6.07, 6.45) is 0.565. The molecule has 0 heterocycles. The van der Waals surface area contributed by atoms with E-state index in [0.29, 0.717) is 17.1 Å². The van der Waals surface area contributed by atoms with Gasteiger partial charge in [-0.3, -0.25) is 9.59 Å². The van der Waals surface area contributed by atoms with Gasteiger partial charge in [-0.25, -0.2) is 8.78 Å². The summed E-state index contributed by atoms with van der Waals surface area (Å²) in [5.41, 5.74) is 0. The Balaban J connectivity index is 1.65. The predicted octanol–water partition coefficient (Wildman–Crippen LogP) is 2.72. The van der Waals surface area contributed by atoms with Gasteiger partial charge >= 0.3 is 11.9 Å². The van der Waals surface area contributed by atoms with Gasteiger partial charge in [0.1, 0.15) is 0 Å². The molecule has 0 spiro atoms. The summed E-state index contributed by atoms with van der Waals surface area (Å²) in [6, 6.07) is 3.58. The minimum Gasteiger partial charge on any atom is -0.481 e. The Bertz CT molecular complexity index is 636. The fourth-order valence-corrected chi connectivity index (χ4v) is 4.76. The number of carboxylic acid groups (broad SMARTS) is 2. The van der Waals surface area contributed by atoms with Crippen molar-refractivity contribution in [3.8, 4) is 0 Å². The van der Waals surface area contributed by atoms with Crippen molar-refractivity contribution in [2.45, 2.75) is 11.3 Å². The van der Waals surface area contributed by atoms with Crippen molar-refractivity contribution in [2.75, 3.05) is 5.75 Å². The smallest absolute Gasteiger partial charge is 0.307 e. The van der Waals surface area contributed by atoms with E-state index < -0.39 is 35.4 Å². The molecule has 0 bridgehead atoms. The first-order chi connectivity index (χ1) is 10.4. The number of thioether (sulfide) groups is 1. The largest absolute Gasteiger partial charge is 0.481 e. The van der Waals surface area contributed by atoms with Crippen LogP contribution in [0.2, 0.25) is 0 Å². The number of hydrogen-bond donors (Lipinski definition) is 2. The van der Waals surface area contributed by atoms with Crippen LogP contribution in [0.15, 0.2) is 23.1 Å². The summed E-state index contributed by atoms with van der Waals surface area (Å²) < 4.78 is 26.0. The molecule has 0 amide bonds. The highest BCUT2D eigenvalue weighted by Gasteiger charge is 2.66. The van der Waals surface area contributed by atoms with Crippen molar-refractivity contribution < 1.29 is 28.6 Å². The molecule has 22 heavy (non-hydrogen) atoms. The van der Waals surface area contributed by atoms with Crippen LogP contribution >= 0.6 is 11.8 Å². The Kier molecular flexibility index (Phi) is 3.84. The molecule has 2 aliphatic rings. The van der Waals surface area contributed by atoms with E-state index in [1.165, 1.54) is 17.8 Å². The van der Waals surface area contributed by atoms with Gasteiger partial charge in [0.2, 0.25) is 0 Å². The summed E-state index contributed by atoms with van der Waals surface area (Å²) in [5.74, 6) is -4.96. The summed E-state index contributed by atoms with van der Waals surface area (Å²) in [4.78, 5) is 23.0. The molecule has 3 rings (SSSR count). The number of rotatable bonds is 5. The molecule has 118 valence electrons. The van der Waals surface area contributed by atoms with E-state index >= 15 is 0 Å². The highest BCUT2D eigenvalue weighted by Crippen LogP contribution is 2.63. The maximum absolute atomic E-state index is 13.1. The van der Waals surface area contributed by atoms with Crippen LogP contribution in [0.3, 0.4) is 0 Å². The normalized spacial score (nSPS) is 32.5. The first-order valence-electron chi connectivity index (χ1n) is 6.93. The lowest BCUT2D eigenvalue weighted by molar-refractivity contribution is -0.145. The second-order valence-electron chi connectivity index (χ2n) is 5.85. The van der Waals surface area contributed by atoms with Crippen LogP contribution in [0.4, 0.5) is 8.78 Å². The molecule has 5 atom stereocenters. The first-order valence-corrected chi connectivity index (χ1v) is 7.92. The summed E-state index contributed by atoms with van der Waals surface area (Å²) >= 11 is 1.28. The average molecular weight is 328 g/mol. The van der Waals surface area contributed by atoms with E-state index in [4.69, 9.17) is 5.11 Å². The highest BCUT2D eigenvalue weighted by molar-refractivity contribution is 7.99. The molecule has 2 saturated carbocycles. The van der Waals surface area contributed by atoms with Crippen molar-refractivity contribution >= 4 is 23.7 Å². The minimum atomic E-state index is -0.966. The topological polar surface area (TPSA) is 74.6 Å². The fraction of sp³-hybridized carbons (Fsp3) is 0.467. The van der Waals surface area contributed by atoms with E-state index in [1.54, 1.807) is 0 Å². The minimum absolute atomic E-state index is 0.0610. The zero-order chi connectivity index (χ0) is 16.0. The summed E-state index contributed by atoms with van der Waals surface area (Å²) in [6.45, 7) is 0. The maximum atomic E-state index is 13.1. The predicted molar refractivity (Wildman–Crippen MR) is 74.4 cm³/mol. The van der Waals surface area contributed by atoms with Crippen LogP contribution in [-0.4, -0.2) is 27.9 Å². The van der Waals surface area contributed by atoms with Gasteiger partial charge in [-0.05, 0) is 42.4 Å². The first kappa shape index (κ1) is 15.3. The van der Waals surface area contributed by atoms with E-state index in [2.05, 4.69) is 0 Å². The van der Waals surface area contributed by atoms with Crippen LogP contribution < -0.4 is 0 Å². The van der Waals surface area contributed by atoms with Crippen molar-refractivity contribution in [1.82, 2.24) is 0 Å². The second-order valence-corrected chi connectivity index (χ2v) is 6.95. The molecule has 1 aromatic carbocycles. The number of aliphatic carboxylic acids is 2. The molecular formula is C15H14F2O4S. The third-order valence-corrected chi connectivity index (χ3v) is 5.83. The lowest BCUT2D eigenvalue weighted by atomic mass is 9.90. The molecule has 7 heteroatoms. The van der Waals surface area contributed by atoms with E-state index in [-0.39, 0.29) is 17.8 Å². The third kappa shape index (κ3) is 2.58. The van der Waals surface area contributed by atoms with Gasteiger partial charge in [0.25, 0.3) is 0 Å². The highest BCUT2D eigenvalue weighted by atomic mass is 32.2. The average Bonchev–Trinajstić information content (AvgIpc) is 3.01. The van der Waals surface area contributed by atoms with Gasteiger partial charge in [-0.15, -0.1) is 11.8 Å². The molecule has 2 aliphatic carbocycles. The summed E-state index contributed by atoms with van der Waals surface area (Å²) in [7, 11) is 0. The van der Waals surface area contributed by atoms with Crippen molar-refractivity contribution in [3.63, 3.8) is 0 Å². The number of fused-ring (bicyclic) bond motifs is 1. The molecule has 4 nitrogen and oxygen atoms in total. The molecular weight excluding hydrogens is 314 g/mol. The van der Waals surface area contributed by atoms with Gasteiger partial charge < -0.3 is 10.2 Å². The van der Waals surface area contributed by atoms with Gasteiger partial charge in [-0.1, -0.05) is 0 Å². The number of benzene rings is 1. The van der Waals surface area contributed by atoms with E-state index in [9.17, 15) is 23.5 Å². The fourth-order valence-electron chi connectivity index (χ4n) is 3.66. The van der Waals surface area contributed by atoms with Crippen molar-refractivity contribution in [3.05, 3.63) is 29.8 Å². The standard InChI is InChI=1S/C15H14F2O4S/c16-9-2-1-7(4-10(9)17)22-5-6-3-8-12(11(6)14(18)19)13(8)15(20)21/h1-2,4,6,8,11-13H,3,5H2,(H,18,19)(H,20,21). The molecule has 0 aliphatic heterocycles. The molecule has 2 fully saturated rings. The molecule has 0 aromatic heterocycles. The van der Waals surface area contributed by atoms with Gasteiger partial charge in [-0.2, -0.15) is 0 Å². The van der Waals surface area contributed by atoms with Crippen LogP contribution in [-0.2, 0) is 9.59 Å². The summed E-state index contributed by atoms with van der Waals surface area (Å²) in [5, 5.41) is 18.4. The number of hydrogen-bond acceptors (Lipinski definition) is 3. The zero-order valence-electron chi connectivity index (χ0n) is 11.4. The van der Waals surface area contributed by atoms with Crippen LogP contribution in [0.1, 0.15) is 6.42 Å². The molecule has 2 N–H and O–H groups in total. The Morgan fingerprint density at radius 1 is 1.14 bits per heavy atom.